The van der Waals surface area contributed by atoms with E-state index < -0.39 is 5.97 Å². The van der Waals surface area contributed by atoms with Crippen LogP contribution in [0.3, 0.4) is 0 Å². The monoisotopic (exact) mass is 261 g/mol. The Kier molecular flexibility index (Phi) is 5.49. The van der Waals surface area contributed by atoms with E-state index in [1.807, 2.05) is 0 Å². The molecule has 2 rings (SSSR count). The Labute approximate surface area is 104 Å². The van der Waals surface area contributed by atoms with Gasteiger partial charge in [0, 0.05) is 18.6 Å². The molecule has 0 fully saturated rings. The van der Waals surface area contributed by atoms with Crippen LogP contribution in [0.1, 0.15) is 10.4 Å². The van der Waals surface area contributed by atoms with Crippen molar-refractivity contribution in [3.8, 4) is 11.5 Å². The van der Waals surface area contributed by atoms with Crippen LogP contribution in [0.5, 0.6) is 0 Å². The molecule has 0 aliphatic carbocycles. The molecule has 0 amide bonds. The number of aromatic carboxylic acids is 1. The summed E-state index contributed by atoms with van der Waals surface area (Å²) in [6.45, 7) is 0. The minimum Gasteiger partial charge on any atom is -0.478 e. The lowest BCUT2D eigenvalue weighted by Gasteiger charge is -1.96. The van der Waals surface area contributed by atoms with Gasteiger partial charge >= 0.3 is 5.97 Å². The van der Waals surface area contributed by atoms with Crippen molar-refractivity contribution < 1.29 is 9.90 Å². The third-order valence-electron chi connectivity index (χ3n) is 1.75. The molecule has 0 atom stereocenters. The molecule has 0 aliphatic heterocycles. The molecule has 0 saturated carbocycles. The maximum atomic E-state index is 10.5. The summed E-state index contributed by atoms with van der Waals surface area (Å²) >= 11 is 0. The summed E-state index contributed by atoms with van der Waals surface area (Å²) in [6, 6.07) is 3.11. The second-order valence-corrected chi connectivity index (χ2v) is 2.68. The maximum absolute atomic E-state index is 10.5. The summed E-state index contributed by atoms with van der Waals surface area (Å²) in [5, 5.41) is 8.64. The lowest BCUT2D eigenvalue weighted by molar-refractivity contribution is 0.0696. The van der Waals surface area contributed by atoms with E-state index >= 15 is 0 Å². The number of aromatic amines is 1. The van der Waals surface area contributed by atoms with E-state index in [2.05, 4.69) is 15.0 Å². The van der Waals surface area contributed by atoms with Crippen LogP contribution in [-0.4, -0.2) is 26.0 Å². The maximum Gasteiger partial charge on any atom is 0.337 e. The molecule has 16 heavy (non-hydrogen) atoms. The van der Waals surface area contributed by atoms with E-state index in [0.29, 0.717) is 11.5 Å². The summed E-state index contributed by atoms with van der Waals surface area (Å²) in [5.41, 5.74) is 0.792. The molecule has 0 aliphatic rings. The average Bonchev–Trinajstić information content (AvgIpc) is 2.71. The fourth-order valence-electron chi connectivity index (χ4n) is 1.07. The van der Waals surface area contributed by atoms with E-state index in [1.54, 1.807) is 18.5 Å². The summed E-state index contributed by atoms with van der Waals surface area (Å²) in [7, 11) is 0. The topological polar surface area (TPSA) is 78.9 Å². The molecule has 0 unspecified atom stereocenters. The van der Waals surface area contributed by atoms with E-state index in [-0.39, 0.29) is 30.4 Å². The molecule has 0 spiro atoms. The van der Waals surface area contributed by atoms with Crippen LogP contribution in [0.4, 0.5) is 0 Å². The van der Waals surface area contributed by atoms with Crippen LogP contribution < -0.4 is 0 Å². The van der Waals surface area contributed by atoms with Crippen molar-refractivity contribution in [3.05, 3.63) is 36.3 Å². The SMILES string of the molecule is Cl.Cl.O=C(O)c1ccc(-c2ncc[nH]2)nc1. The Morgan fingerprint density at radius 3 is 2.44 bits per heavy atom. The van der Waals surface area contributed by atoms with E-state index in [4.69, 9.17) is 5.11 Å². The Morgan fingerprint density at radius 1 is 1.25 bits per heavy atom. The first-order chi connectivity index (χ1) is 6.77. The third kappa shape index (κ3) is 2.95. The Hall–Kier alpha value is -1.59. The molecule has 5 nitrogen and oxygen atoms in total. The van der Waals surface area contributed by atoms with Crippen molar-refractivity contribution in [1.82, 2.24) is 15.0 Å². The molecule has 0 bridgehead atoms. The highest BCUT2D eigenvalue weighted by molar-refractivity contribution is 5.87. The number of carboxylic acid groups (broad SMARTS) is 1. The molecular weight excluding hydrogens is 253 g/mol. The minimum atomic E-state index is -0.983. The predicted octanol–water partition coefficient (Wildman–Crippen LogP) is 2.01. The molecule has 86 valence electrons. The van der Waals surface area contributed by atoms with Gasteiger partial charge in [0.05, 0.1) is 5.56 Å². The summed E-state index contributed by atoms with van der Waals surface area (Å²) in [5.74, 6) is -0.356. The number of aromatic nitrogens is 3. The lowest BCUT2D eigenvalue weighted by Crippen LogP contribution is -1.97. The van der Waals surface area contributed by atoms with Crippen LogP contribution in [0.25, 0.3) is 11.5 Å². The van der Waals surface area contributed by atoms with Crippen LogP contribution in [0.15, 0.2) is 30.7 Å². The number of rotatable bonds is 2. The van der Waals surface area contributed by atoms with Gasteiger partial charge in [-0.15, -0.1) is 24.8 Å². The zero-order valence-corrected chi connectivity index (χ0v) is 9.59. The molecule has 0 aromatic carbocycles. The molecule has 2 aromatic rings. The molecule has 0 radical (unpaired) electrons. The fourth-order valence-corrected chi connectivity index (χ4v) is 1.07. The van der Waals surface area contributed by atoms with Gasteiger partial charge in [-0.1, -0.05) is 0 Å². The zero-order chi connectivity index (χ0) is 9.97. The lowest BCUT2D eigenvalue weighted by atomic mass is 10.2. The van der Waals surface area contributed by atoms with Crippen LogP contribution in [0.2, 0.25) is 0 Å². The van der Waals surface area contributed by atoms with Gasteiger partial charge in [-0.2, -0.15) is 0 Å². The van der Waals surface area contributed by atoms with Crippen molar-refractivity contribution >= 4 is 30.8 Å². The summed E-state index contributed by atoms with van der Waals surface area (Å²) < 4.78 is 0. The summed E-state index contributed by atoms with van der Waals surface area (Å²) in [6.07, 6.45) is 4.60. The zero-order valence-electron chi connectivity index (χ0n) is 7.95. The molecule has 7 heteroatoms. The number of nitrogens with one attached hydrogen (secondary N) is 1. The van der Waals surface area contributed by atoms with Crippen molar-refractivity contribution in [1.29, 1.82) is 0 Å². The van der Waals surface area contributed by atoms with Crippen LogP contribution in [-0.2, 0) is 0 Å². The smallest absolute Gasteiger partial charge is 0.337 e. The number of carbonyl (C=O) groups is 1. The standard InChI is InChI=1S/C9H7N3O2.2ClH/c13-9(14)6-1-2-7(12-5-6)8-10-3-4-11-8;;/h1-5H,(H,10,11)(H,13,14);2*1H. The molecular formula is C9H9Cl2N3O2. The predicted molar refractivity (Wildman–Crippen MR) is 63.3 cm³/mol. The fraction of sp³-hybridized carbons (Fsp3) is 0. The average molecular weight is 262 g/mol. The number of nitrogens with zero attached hydrogens (tertiary/aromatic N) is 2. The number of carboxylic acids is 1. The Bertz CT molecular complexity index is 442. The first kappa shape index (κ1) is 14.4. The highest BCUT2D eigenvalue weighted by atomic mass is 35.5. The van der Waals surface area contributed by atoms with Crippen molar-refractivity contribution in [3.63, 3.8) is 0 Å². The molecule has 2 aromatic heterocycles. The van der Waals surface area contributed by atoms with Crippen LogP contribution >= 0.6 is 24.8 Å². The van der Waals surface area contributed by atoms with Crippen molar-refractivity contribution in [2.45, 2.75) is 0 Å². The number of imidazole rings is 1. The Morgan fingerprint density at radius 2 is 2.00 bits per heavy atom. The number of hydrogen-bond acceptors (Lipinski definition) is 3. The highest BCUT2D eigenvalue weighted by Crippen LogP contribution is 2.10. The van der Waals surface area contributed by atoms with Gasteiger partial charge < -0.3 is 10.1 Å². The normalized spacial score (nSPS) is 8.75. The molecule has 2 N–H and O–H groups in total. The van der Waals surface area contributed by atoms with E-state index in [0.717, 1.165) is 0 Å². The number of halogens is 2. The van der Waals surface area contributed by atoms with E-state index in [1.165, 1.54) is 12.3 Å². The second-order valence-electron chi connectivity index (χ2n) is 2.68. The number of hydrogen-bond donors (Lipinski definition) is 2. The van der Waals surface area contributed by atoms with E-state index in [9.17, 15) is 4.79 Å². The third-order valence-corrected chi connectivity index (χ3v) is 1.75. The second kappa shape index (κ2) is 6.09. The van der Waals surface area contributed by atoms with Crippen molar-refractivity contribution in [2.75, 3.05) is 0 Å². The van der Waals surface area contributed by atoms with Gasteiger partial charge in [0.15, 0.2) is 5.82 Å². The number of H-pyrrole nitrogens is 1. The van der Waals surface area contributed by atoms with Gasteiger partial charge in [-0.3, -0.25) is 4.98 Å². The number of pyridine rings is 1. The van der Waals surface area contributed by atoms with Gasteiger partial charge in [0.25, 0.3) is 0 Å². The summed E-state index contributed by atoms with van der Waals surface area (Å²) in [4.78, 5) is 21.4. The quantitative estimate of drug-likeness (QED) is 0.867. The first-order valence-electron chi connectivity index (χ1n) is 3.96. The molecule has 2 heterocycles. The van der Waals surface area contributed by atoms with Gasteiger partial charge in [-0.25, -0.2) is 9.78 Å². The minimum absolute atomic E-state index is 0. The highest BCUT2D eigenvalue weighted by Gasteiger charge is 2.04. The Balaban J connectivity index is 0.00000112. The first-order valence-corrected chi connectivity index (χ1v) is 3.96. The van der Waals surface area contributed by atoms with Gasteiger partial charge in [-0.05, 0) is 12.1 Å². The van der Waals surface area contributed by atoms with Gasteiger partial charge in [0.1, 0.15) is 5.69 Å². The van der Waals surface area contributed by atoms with Crippen LogP contribution in [0, 0.1) is 0 Å². The molecule has 0 saturated heterocycles. The van der Waals surface area contributed by atoms with Crippen molar-refractivity contribution in [2.24, 2.45) is 0 Å². The largest absolute Gasteiger partial charge is 0.478 e. The van der Waals surface area contributed by atoms with Gasteiger partial charge in [0.2, 0.25) is 0 Å².